The molecule has 0 unspecified atom stereocenters. The van der Waals surface area contributed by atoms with Crippen molar-refractivity contribution in [3.63, 3.8) is 0 Å². The van der Waals surface area contributed by atoms with Crippen molar-refractivity contribution in [2.24, 2.45) is 11.8 Å². The minimum atomic E-state index is -0.189. The lowest BCUT2D eigenvalue weighted by molar-refractivity contribution is -0.138. The van der Waals surface area contributed by atoms with Crippen molar-refractivity contribution in [1.82, 2.24) is 0 Å². The highest BCUT2D eigenvalue weighted by atomic mass is 79.9. The van der Waals surface area contributed by atoms with Gasteiger partial charge >= 0.3 is 5.97 Å². The fourth-order valence-corrected chi connectivity index (χ4v) is 4.45. The number of hydrogen-bond acceptors (Lipinski definition) is 2. The predicted molar refractivity (Wildman–Crippen MR) is 84.5 cm³/mol. The molecule has 2 aliphatic carbocycles. The van der Waals surface area contributed by atoms with Crippen molar-refractivity contribution < 1.29 is 9.53 Å². The maximum absolute atomic E-state index is 12.1. The standard InChI is InChI=1S/C15H20Br2O2/c1-2-19-15(18)13-9-10(7-8-16)11-5-3-4-6-12(11)14(13)17/h9,11-12H,2-8H2,1H3/t11-,12+/m0/s1. The molecule has 1 fully saturated rings. The third kappa shape index (κ3) is 3.33. The van der Waals surface area contributed by atoms with E-state index in [-0.39, 0.29) is 5.97 Å². The van der Waals surface area contributed by atoms with E-state index in [0.29, 0.717) is 18.4 Å². The van der Waals surface area contributed by atoms with Crippen molar-refractivity contribution in [1.29, 1.82) is 0 Å². The van der Waals surface area contributed by atoms with E-state index in [0.717, 1.165) is 21.8 Å². The van der Waals surface area contributed by atoms with Gasteiger partial charge in [-0.3, -0.25) is 0 Å². The Morgan fingerprint density at radius 2 is 2.05 bits per heavy atom. The minimum absolute atomic E-state index is 0.189. The summed E-state index contributed by atoms with van der Waals surface area (Å²) in [6.45, 7) is 2.28. The highest BCUT2D eigenvalue weighted by Gasteiger charge is 2.35. The van der Waals surface area contributed by atoms with Gasteiger partial charge in [0.2, 0.25) is 0 Å². The zero-order valence-electron chi connectivity index (χ0n) is 11.3. The Hall–Kier alpha value is -0.0900. The largest absolute Gasteiger partial charge is 0.462 e. The van der Waals surface area contributed by atoms with Gasteiger partial charge in [0.05, 0.1) is 12.2 Å². The van der Waals surface area contributed by atoms with E-state index < -0.39 is 0 Å². The number of ether oxygens (including phenoxy) is 1. The lowest BCUT2D eigenvalue weighted by Gasteiger charge is -2.37. The van der Waals surface area contributed by atoms with Gasteiger partial charge in [-0.25, -0.2) is 4.79 Å². The molecule has 0 aromatic carbocycles. The molecule has 0 bridgehead atoms. The van der Waals surface area contributed by atoms with E-state index in [1.165, 1.54) is 31.3 Å². The summed E-state index contributed by atoms with van der Waals surface area (Å²) in [5.41, 5.74) is 2.15. The number of fused-ring (bicyclic) bond motifs is 1. The van der Waals surface area contributed by atoms with E-state index in [1.54, 1.807) is 0 Å². The molecule has 2 nitrogen and oxygen atoms in total. The van der Waals surface area contributed by atoms with E-state index in [9.17, 15) is 4.79 Å². The van der Waals surface area contributed by atoms with Gasteiger partial charge in [-0.05, 0) is 44.1 Å². The molecule has 4 heteroatoms. The summed E-state index contributed by atoms with van der Waals surface area (Å²) in [6.07, 6.45) is 8.06. The number of alkyl halides is 1. The monoisotopic (exact) mass is 390 g/mol. The maximum Gasteiger partial charge on any atom is 0.338 e. The third-order valence-electron chi connectivity index (χ3n) is 4.03. The van der Waals surface area contributed by atoms with Crippen molar-refractivity contribution in [2.45, 2.75) is 39.0 Å². The lowest BCUT2D eigenvalue weighted by atomic mass is 9.71. The summed E-state index contributed by atoms with van der Waals surface area (Å²) >= 11 is 7.19. The average molecular weight is 392 g/mol. The van der Waals surface area contributed by atoms with Crippen molar-refractivity contribution in [3.8, 4) is 0 Å². The zero-order valence-corrected chi connectivity index (χ0v) is 14.4. The highest BCUT2D eigenvalue weighted by Crippen LogP contribution is 2.47. The number of carbonyl (C=O) groups excluding carboxylic acids is 1. The van der Waals surface area contributed by atoms with Crippen LogP contribution in [-0.4, -0.2) is 17.9 Å². The Labute approximate surface area is 131 Å². The van der Waals surface area contributed by atoms with Crippen molar-refractivity contribution >= 4 is 37.8 Å². The van der Waals surface area contributed by atoms with Crippen LogP contribution in [0.4, 0.5) is 0 Å². The van der Waals surface area contributed by atoms with Crippen LogP contribution in [0.25, 0.3) is 0 Å². The van der Waals surface area contributed by atoms with Gasteiger partial charge in [0.15, 0.2) is 0 Å². The lowest BCUT2D eigenvalue weighted by Crippen LogP contribution is -2.27. The summed E-state index contributed by atoms with van der Waals surface area (Å²) in [5.74, 6) is 0.900. The molecule has 0 amide bonds. The zero-order chi connectivity index (χ0) is 13.8. The summed E-state index contributed by atoms with van der Waals surface area (Å²) in [4.78, 5) is 12.1. The van der Waals surface area contributed by atoms with Gasteiger partial charge < -0.3 is 4.74 Å². The molecule has 0 spiro atoms. The smallest absolute Gasteiger partial charge is 0.338 e. The molecule has 0 heterocycles. The van der Waals surface area contributed by atoms with E-state index >= 15 is 0 Å². The molecule has 0 radical (unpaired) electrons. The predicted octanol–water partition coefficient (Wildman–Crippen LogP) is 4.73. The Kier molecular flexibility index (Phi) is 5.70. The second kappa shape index (κ2) is 7.07. The van der Waals surface area contributed by atoms with E-state index in [1.807, 2.05) is 6.92 Å². The number of rotatable bonds is 4. The van der Waals surface area contributed by atoms with E-state index in [4.69, 9.17) is 4.74 Å². The Morgan fingerprint density at radius 1 is 1.37 bits per heavy atom. The van der Waals surface area contributed by atoms with Crippen LogP contribution in [0.1, 0.15) is 39.0 Å². The summed E-state index contributed by atoms with van der Waals surface area (Å²) in [5, 5.41) is 0.954. The first kappa shape index (κ1) is 15.3. The molecule has 0 N–H and O–H groups in total. The second-order valence-corrected chi connectivity index (χ2v) is 6.79. The second-order valence-electron chi connectivity index (χ2n) is 5.14. The Bertz CT molecular complexity index is 412. The van der Waals surface area contributed by atoms with Crippen LogP contribution in [0.5, 0.6) is 0 Å². The first-order chi connectivity index (χ1) is 9.19. The minimum Gasteiger partial charge on any atom is -0.462 e. The van der Waals surface area contributed by atoms with Gasteiger partial charge in [0.1, 0.15) is 0 Å². The molecule has 2 atom stereocenters. The number of carbonyl (C=O) groups is 1. The van der Waals surface area contributed by atoms with Gasteiger partial charge in [-0.2, -0.15) is 0 Å². The first-order valence-corrected chi connectivity index (χ1v) is 8.93. The maximum atomic E-state index is 12.1. The SMILES string of the molecule is CCOC(=O)C1=C(Br)[C@@H]2CCCC[C@H]2C(CCBr)=C1. The normalized spacial score (nSPS) is 26.8. The number of allylic oxidation sites excluding steroid dienone is 2. The molecule has 1 saturated carbocycles. The van der Waals surface area contributed by atoms with Crippen molar-refractivity contribution in [2.75, 3.05) is 11.9 Å². The van der Waals surface area contributed by atoms with Crippen LogP contribution >= 0.6 is 31.9 Å². The number of hydrogen-bond donors (Lipinski definition) is 0. The molecule has 2 rings (SSSR count). The van der Waals surface area contributed by atoms with Crippen LogP contribution < -0.4 is 0 Å². The molecule has 0 aliphatic heterocycles. The number of esters is 1. The fourth-order valence-electron chi connectivity index (χ4n) is 3.17. The average Bonchev–Trinajstić information content (AvgIpc) is 2.42. The fraction of sp³-hybridized carbons (Fsp3) is 0.667. The van der Waals surface area contributed by atoms with Crippen molar-refractivity contribution in [3.05, 3.63) is 21.7 Å². The summed E-state index contributed by atoms with van der Waals surface area (Å²) in [7, 11) is 0. The van der Waals surface area contributed by atoms with Gasteiger partial charge in [0, 0.05) is 9.81 Å². The quantitative estimate of drug-likeness (QED) is 0.511. The molecule has 0 aromatic rings. The number of halogens is 2. The highest BCUT2D eigenvalue weighted by molar-refractivity contribution is 9.11. The molecule has 106 valence electrons. The van der Waals surface area contributed by atoms with Gasteiger partial charge in [-0.15, -0.1) is 0 Å². The molecular formula is C15H20Br2O2. The summed E-state index contributed by atoms with van der Waals surface area (Å²) in [6, 6.07) is 0. The molecule has 0 aromatic heterocycles. The van der Waals surface area contributed by atoms with Crippen LogP contribution in [0.15, 0.2) is 21.7 Å². The Morgan fingerprint density at radius 3 is 2.68 bits per heavy atom. The first-order valence-electron chi connectivity index (χ1n) is 7.02. The topological polar surface area (TPSA) is 26.3 Å². The summed E-state index contributed by atoms with van der Waals surface area (Å²) < 4.78 is 6.24. The third-order valence-corrected chi connectivity index (χ3v) is 5.45. The Balaban J connectivity index is 2.31. The van der Waals surface area contributed by atoms with Crippen LogP contribution in [0.3, 0.4) is 0 Å². The molecule has 19 heavy (non-hydrogen) atoms. The van der Waals surface area contributed by atoms with Gasteiger partial charge in [-0.1, -0.05) is 50.3 Å². The van der Waals surface area contributed by atoms with Crippen LogP contribution in [0.2, 0.25) is 0 Å². The van der Waals surface area contributed by atoms with Gasteiger partial charge in [0.25, 0.3) is 0 Å². The molecular weight excluding hydrogens is 372 g/mol. The van der Waals surface area contributed by atoms with Crippen LogP contribution in [-0.2, 0) is 9.53 Å². The molecule has 2 aliphatic rings. The molecule has 0 saturated heterocycles. The van der Waals surface area contributed by atoms with Crippen LogP contribution in [0, 0.1) is 11.8 Å². The van der Waals surface area contributed by atoms with E-state index in [2.05, 4.69) is 37.9 Å².